The summed E-state index contributed by atoms with van der Waals surface area (Å²) in [5.41, 5.74) is 0. The highest BCUT2D eigenvalue weighted by atomic mass is 16.6. The van der Waals surface area contributed by atoms with Crippen molar-refractivity contribution in [2.24, 2.45) is 0 Å². The van der Waals surface area contributed by atoms with E-state index in [2.05, 4.69) is 5.32 Å². The van der Waals surface area contributed by atoms with E-state index >= 15 is 0 Å². The van der Waals surface area contributed by atoms with Gasteiger partial charge in [0.05, 0.1) is 0 Å². The first kappa shape index (κ1) is 6.55. The molecular weight excluding hydrogens is 118 g/mol. The number of hydrogen-bond acceptors (Lipinski definition) is 3. The molecule has 3 nitrogen and oxygen atoms in total. The lowest BCUT2D eigenvalue weighted by molar-refractivity contribution is -0.146. The fourth-order valence-electron chi connectivity index (χ4n) is 0.953. The zero-order chi connectivity index (χ0) is 6.69. The predicted octanol–water partition coefficient (Wildman–Crippen LogP) is 0.259. The quantitative estimate of drug-likeness (QED) is 0.516. The molecule has 0 spiro atoms. The minimum Gasteiger partial charge on any atom is -0.447 e. The van der Waals surface area contributed by atoms with Crippen LogP contribution in [0, 0.1) is 0 Å². The predicted molar refractivity (Wildman–Crippen MR) is 32.8 cm³/mol. The summed E-state index contributed by atoms with van der Waals surface area (Å²) in [7, 11) is 0. The number of rotatable bonds is 1. The van der Waals surface area contributed by atoms with Crippen LogP contribution in [-0.4, -0.2) is 18.7 Å². The Labute approximate surface area is 54.4 Å². The van der Waals surface area contributed by atoms with Crippen molar-refractivity contribution in [3.05, 3.63) is 0 Å². The first-order valence-corrected chi connectivity index (χ1v) is 3.19. The van der Waals surface area contributed by atoms with E-state index in [0.29, 0.717) is 0 Å². The highest BCUT2D eigenvalue weighted by Gasteiger charge is 2.15. The van der Waals surface area contributed by atoms with Crippen molar-refractivity contribution >= 4 is 5.97 Å². The van der Waals surface area contributed by atoms with Crippen LogP contribution < -0.4 is 5.32 Å². The van der Waals surface area contributed by atoms with Crippen LogP contribution in [0.25, 0.3) is 0 Å². The van der Waals surface area contributed by atoms with Crippen molar-refractivity contribution < 1.29 is 9.53 Å². The second kappa shape index (κ2) is 2.82. The molecule has 1 fully saturated rings. The highest BCUT2D eigenvalue weighted by Crippen LogP contribution is 2.05. The zero-order valence-corrected chi connectivity index (χ0v) is 5.52. The van der Waals surface area contributed by atoms with Crippen LogP contribution in [0.2, 0.25) is 0 Å². The van der Waals surface area contributed by atoms with E-state index in [1.807, 2.05) is 0 Å². The van der Waals surface area contributed by atoms with Crippen molar-refractivity contribution in [1.82, 2.24) is 5.32 Å². The van der Waals surface area contributed by atoms with Crippen LogP contribution in [0.1, 0.15) is 19.8 Å². The van der Waals surface area contributed by atoms with Crippen LogP contribution in [0.15, 0.2) is 0 Å². The van der Waals surface area contributed by atoms with Crippen LogP contribution >= 0.6 is 0 Å². The molecule has 0 unspecified atom stereocenters. The van der Waals surface area contributed by atoms with Crippen LogP contribution in [0.3, 0.4) is 0 Å². The van der Waals surface area contributed by atoms with E-state index in [1.54, 1.807) is 0 Å². The third-order valence-electron chi connectivity index (χ3n) is 1.32. The maximum Gasteiger partial charge on any atom is 0.304 e. The van der Waals surface area contributed by atoms with E-state index in [4.69, 9.17) is 4.74 Å². The third kappa shape index (κ3) is 2.01. The third-order valence-corrected chi connectivity index (χ3v) is 1.32. The molecule has 0 aromatic rings. The molecule has 52 valence electrons. The van der Waals surface area contributed by atoms with E-state index in [9.17, 15) is 4.79 Å². The minimum atomic E-state index is -0.200. The SMILES string of the molecule is CC(=O)O[C@H]1CCCN1. The summed E-state index contributed by atoms with van der Waals surface area (Å²) in [5, 5.41) is 3.04. The van der Waals surface area contributed by atoms with Crippen molar-refractivity contribution in [3.8, 4) is 0 Å². The van der Waals surface area contributed by atoms with Gasteiger partial charge in [0.2, 0.25) is 0 Å². The molecule has 1 saturated heterocycles. The smallest absolute Gasteiger partial charge is 0.304 e. The monoisotopic (exact) mass is 129 g/mol. The molecule has 0 aromatic carbocycles. The van der Waals surface area contributed by atoms with Gasteiger partial charge in [0.1, 0.15) is 0 Å². The Morgan fingerprint density at radius 1 is 1.78 bits per heavy atom. The summed E-state index contributed by atoms with van der Waals surface area (Å²) >= 11 is 0. The van der Waals surface area contributed by atoms with Crippen LogP contribution in [0.4, 0.5) is 0 Å². The minimum absolute atomic E-state index is 0.0116. The van der Waals surface area contributed by atoms with Crippen molar-refractivity contribution in [2.75, 3.05) is 6.54 Å². The average molecular weight is 129 g/mol. The number of ether oxygens (including phenoxy) is 1. The lowest BCUT2D eigenvalue weighted by atomic mass is 10.4. The maximum atomic E-state index is 10.3. The van der Waals surface area contributed by atoms with Gasteiger partial charge in [-0.1, -0.05) is 0 Å². The fraction of sp³-hybridized carbons (Fsp3) is 0.833. The number of carbonyl (C=O) groups is 1. The number of nitrogens with one attached hydrogen (secondary N) is 1. The lowest BCUT2D eigenvalue weighted by Gasteiger charge is -2.08. The Morgan fingerprint density at radius 2 is 2.56 bits per heavy atom. The Bertz CT molecular complexity index is 108. The van der Waals surface area contributed by atoms with Crippen molar-refractivity contribution in [1.29, 1.82) is 0 Å². The molecule has 3 heteroatoms. The molecule has 0 aliphatic carbocycles. The molecule has 1 N–H and O–H groups in total. The molecule has 9 heavy (non-hydrogen) atoms. The van der Waals surface area contributed by atoms with E-state index < -0.39 is 0 Å². The summed E-state index contributed by atoms with van der Waals surface area (Å²) in [6.45, 7) is 2.40. The first-order valence-electron chi connectivity index (χ1n) is 3.19. The van der Waals surface area contributed by atoms with Gasteiger partial charge in [-0.25, -0.2) is 0 Å². The summed E-state index contributed by atoms with van der Waals surface area (Å²) in [6.07, 6.45) is 2.06. The second-order valence-electron chi connectivity index (χ2n) is 2.19. The van der Waals surface area contributed by atoms with Crippen molar-refractivity contribution in [2.45, 2.75) is 26.0 Å². The molecule has 1 aliphatic rings. The van der Waals surface area contributed by atoms with Gasteiger partial charge in [-0.05, 0) is 19.4 Å². The second-order valence-corrected chi connectivity index (χ2v) is 2.19. The molecule has 0 saturated carbocycles. The zero-order valence-electron chi connectivity index (χ0n) is 5.52. The number of esters is 1. The summed E-state index contributed by atoms with van der Waals surface area (Å²) in [4.78, 5) is 10.3. The van der Waals surface area contributed by atoms with E-state index in [0.717, 1.165) is 19.4 Å². The lowest BCUT2D eigenvalue weighted by Crippen LogP contribution is -2.26. The number of hydrogen-bond donors (Lipinski definition) is 1. The van der Waals surface area contributed by atoms with Gasteiger partial charge in [0, 0.05) is 6.92 Å². The molecule has 0 bridgehead atoms. The van der Waals surface area contributed by atoms with Gasteiger partial charge in [0.15, 0.2) is 6.23 Å². The van der Waals surface area contributed by atoms with E-state index in [-0.39, 0.29) is 12.2 Å². The first-order chi connectivity index (χ1) is 4.29. The Kier molecular flexibility index (Phi) is 2.05. The van der Waals surface area contributed by atoms with Gasteiger partial charge in [-0.2, -0.15) is 0 Å². The van der Waals surface area contributed by atoms with Gasteiger partial charge < -0.3 is 4.74 Å². The molecular formula is C6H11NO2. The highest BCUT2D eigenvalue weighted by molar-refractivity contribution is 5.66. The Morgan fingerprint density at radius 3 is 3.00 bits per heavy atom. The summed E-state index contributed by atoms with van der Waals surface area (Å²) in [5.74, 6) is -0.200. The summed E-state index contributed by atoms with van der Waals surface area (Å²) < 4.78 is 4.86. The molecule has 1 rings (SSSR count). The van der Waals surface area contributed by atoms with Crippen LogP contribution in [0.5, 0.6) is 0 Å². The van der Waals surface area contributed by atoms with Gasteiger partial charge in [-0.3, -0.25) is 10.1 Å². The topological polar surface area (TPSA) is 38.3 Å². The van der Waals surface area contributed by atoms with Crippen molar-refractivity contribution in [3.63, 3.8) is 0 Å². The van der Waals surface area contributed by atoms with Crippen LogP contribution in [-0.2, 0) is 9.53 Å². The molecule has 0 aromatic heterocycles. The maximum absolute atomic E-state index is 10.3. The standard InChI is InChI=1S/C6H11NO2/c1-5(8)9-6-3-2-4-7-6/h6-7H,2-4H2,1H3/t6-/m0/s1. The summed E-state index contributed by atoms with van der Waals surface area (Å²) in [6, 6.07) is 0. The molecule has 1 aliphatic heterocycles. The normalized spacial score (nSPS) is 26.1. The average Bonchev–Trinajstić information content (AvgIpc) is 2.15. The van der Waals surface area contributed by atoms with Gasteiger partial charge in [-0.15, -0.1) is 0 Å². The largest absolute Gasteiger partial charge is 0.447 e. The van der Waals surface area contributed by atoms with Gasteiger partial charge >= 0.3 is 5.97 Å². The Balaban J connectivity index is 2.19. The molecule has 0 radical (unpaired) electrons. The number of carbonyl (C=O) groups excluding carboxylic acids is 1. The van der Waals surface area contributed by atoms with E-state index in [1.165, 1.54) is 6.92 Å². The molecule has 1 atom stereocenters. The molecule has 1 heterocycles. The fourth-order valence-corrected chi connectivity index (χ4v) is 0.953. The van der Waals surface area contributed by atoms with Gasteiger partial charge in [0.25, 0.3) is 0 Å². The molecule has 0 amide bonds. The Hall–Kier alpha value is -0.570.